The summed E-state index contributed by atoms with van der Waals surface area (Å²) < 4.78 is 0. The number of hydrogen-bond donors (Lipinski definition) is 0. The fourth-order valence-electron chi connectivity index (χ4n) is 0.665. The van der Waals surface area contributed by atoms with Gasteiger partial charge in [0.2, 0.25) is 0 Å². The van der Waals surface area contributed by atoms with Crippen LogP contribution in [0.4, 0.5) is 0 Å². The van der Waals surface area contributed by atoms with Gasteiger partial charge in [0.25, 0.3) is 0 Å². The lowest BCUT2D eigenvalue weighted by Crippen LogP contribution is -1.96. The van der Waals surface area contributed by atoms with E-state index in [1.165, 1.54) is 19.0 Å². The van der Waals surface area contributed by atoms with Gasteiger partial charge in [-0.15, -0.1) is 15.8 Å². The van der Waals surface area contributed by atoms with Crippen molar-refractivity contribution in [3.8, 4) is 0 Å². The van der Waals surface area contributed by atoms with E-state index in [2.05, 4.69) is 22.7 Å². The predicted molar refractivity (Wildman–Crippen MR) is 43.2 cm³/mol. The first kappa shape index (κ1) is 8.17. The monoisotopic (exact) mass is 130 g/mol. The fourth-order valence-corrected chi connectivity index (χ4v) is 1.19. The highest BCUT2D eigenvalue weighted by molar-refractivity contribution is 7.16. The second-order valence-corrected chi connectivity index (χ2v) is 2.51. The zero-order valence-electron chi connectivity index (χ0n) is 5.56. The van der Waals surface area contributed by atoms with Gasteiger partial charge in [-0.25, -0.2) is 0 Å². The van der Waals surface area contributed by atoms with Crippen LogP contribution in [-0.2, 0) is 0 Å². The average Bonchev–Trinajstić information content (AvgIpc) is 1.83. The molecule has 0 aliphatic carbocycles. The lowest BCUT2D eigenvalue weighted by molar-refractivity contribution is 0.582. The zero-order valence-corrected chi connectivity index (χ0v) is 6.72. The maximum absolute atomic E-state index is 3.69. The molecule has 0 aromatic heterocycles. The van der Waals surface area contributed by atoms with Crippen molar-refractivity contribution in [2.45, 2.75) is 19.8 Å². The minimum Gasteiger partial charge on any atom is -0.137 e. The lowest BCUT2D eigenvalue weighted by atomic mass is 10.1. The zero-order chi connectivity index (χ0) is 6.41. The van der Waals surface area contributed by atoms with Crippen molar-refractivity contribution in [3.63, 3.8) is 0 Å². The van der Waals surface area contributed by atoms with Crippen LogP contribution >= 0.6 is 9.24 Å². The maximum atomic E-state index is 3.69. The van der Waals surface area contributed by atoms with Crippen molar-refractivity contribution >= 4 is 9.24 Å². The van der Waals surface area contributed by atoms with Crippen LogP contribution < -0.4 is 0 Å². The Labute approximate surface area is 54.6 Å². The Kier molecular flexibility index (Phi) is 5.42. The Bertz CT molecular complexity index is 55.4. The van der Waals surface area contributed by atoms with Gasteiger partial charge in [-0.1, -0.05) is 19.4 Å². The van der Waals surface area contributed by atoms with Crippen molar-refractivity contribution in [3.05, 3.63) is 12.7 Å². The summed E-state index contributed by atoms with van der Waals surface area (Å²) in [5.74, 6) is 0.845. The van der Waals surface area contributed by atoms with E-state index in [0.717, 1.165) is 5.92 Å². The van der Waals surface area contributed by atoms with Gasteiger partial charge in [-0.05, 0) is 18.5 Å². The first-order valence-corrected chi connectivity index (χ1v) is 3.97. The Balaban J connectivity index is 3.20. The van der Waals surface area contributed by atoms with Gasteiger partial charge in [0.1, 0.15) is 0 Å². The third-order valence-corrected chi connectivity index (χ3v) is 2.08. The molecule has 0 radical (unpaired) electrons. The largest absolute Gasteiger partial charge is 0.137 e. The molecule has 0 saturated carbocycles. The standard InChI is InChI=1S/C7H15P/c1-3-5-7(4-2)6-8/h3,7H,1,4-6,8H2,2H3. The van der Waals surface area contributed by atoms with E-state index in [1.54, 1.807) is 0 Å². The van der Waals surface area contributed by atoms with Crippen LogP contribution in [0.15, 0.2) is 12.7 Å². The van der Waals surface area contributed by atoms with E-state index < -0.39 is 0 Å². The number of rotatable bonds is 4. The third-order valence-electron chi connectivity index (χ3n) is 1.41. The van der Waals surface area contributed by atoms with Gasteiger partial charge in [-0.3, -0.25) is 0 Å². The molecule has 0 rings (SSSR count). The van der Waals surface area contributed by atoms with Gasteiger partial charge in [0, 0.05) is 0 Å². The molecule has 2 atom stereocenters. The normalized spacial score (nSPS) is 13.2. The molecule has 8 heavy (non-hydrogen) atoms. The van der Waals surface area contributed by atoms with E-state index in [1.807, 2.05) is 6.08 Å². The Morgan fingerprint density at radius 2 is 2.38 bits per heavy atom. The Hall–Kier alpha value is 0.170. The molecule has 2 unspecified atom stereocenters. The van der Waals surface area contributed by atoms with Gasteiger partial charge in [0.05, 0.1) is 0 Å². The van der Waals surface area contributed by atoms with Crippen LogP contribution in [0.25, 0.3) is 0 Å². The van der Waals surface area contributed by atoms with E-state index in [9.17, 15) is 0 Å². The van der Waals surface area contributed by atoms with E-state index in [0.29, 0.717) is 0 Å². The molecule has 0 amide bonds. The molecule has 0 N–H and O–H groups in total. The second-order valence-electron chi connectivity index (χ2n) is 2.03. The quantitative estimate of drug-likeness (QED) is 0.405. The Morgan fingerprint density at radius 1 is 1.75 bits per heavy atom. The highest BCUT2D eigenvalue weighted by Gasteiger charge is 1.97. The van der Waals surface area contributed by atoms with Crippen LogP contribution in [0.3, 0.4) is 0 Å². The van der Waals surface area contributed by atoms with E-state index in [4.69, 9.17) is 0 Å². The molecule has 0 bridgehead atoms. The third kappa shape index (κ3) is 3.21. The minimum atomic E-state index is 0.845. The number of hydrogen-bond acceptors (Lipinski definition) is 0. The van der Waals surface area contributed by atoms with Gasteiger partial charge in [0.15, 0.2) is 0 Å². The summed E-state index contributed by atoms with van der Waals surface area (Å²) in [6.45, 7) is 5.91. The van der Waals surface area contributed by atoms with Crippen LogP contribution in [0.2, 0.25) is 0 Å². The molecule has 0 aromatic rings. The van der Waals surface area contributed by atoms with Crippen molar-refractivity contribution in [2.75, 3.05) is 6.16 Å². The minimum absolute atomic E-state index is 0.845. The lowest BCUT2D eigenvalue weighted by Gasteiger charge is -2.06. The average molecular weight is 130 g/mol. The summed E-state index contributed by atoms with van der Waals surface area (Å²) in [7, 11) is 2.77. The molecule has 1 heteroatoms. The van der Waals surface area contributed by atoms with Crippen LogP contribution in [0.5, 0.6) is 0 Å². The fraction of sp³-hybridized carbons (Fsp3) is 0.714. The first-order valence-electron chi connectivity index (χ1n) is 3.16. The van der Waals surface area contributed by atoms with Crippen LogP contribution in [-0.4, -0.2) is 6.16 Å². The summed E-state index contributed by atoms with van der Waals surface area (Å²) >= 11 is 0. The van der Waals surface area contributed by atoms with Gasteiger partial charge < -0.3 is 0 Å². The smallest absolute Gasteiger partial charge is 0.0322 e. The molecule has 0 saturated heterocycles. The molecular weight excluding hydrogens is 115 g/mol. The summed E-state index contributed by atoms with van der Waals surface area (Å²) in [6, 6.07) is 0. The molecule has 0 heterocycles. The van der Waals surface area contributed by atoms with E-state index in [-0.39, 0.29) is 0 Å². The topological polar surface area (TPSA) is 0 Å². The highest BCUT2D eigenvalue weighted by atomic mass is 31.0. The molecular formula is C7H15P. The molecule has 0 nitrogen and oxygen atoms in total. The molecule has 0 fully saturated rings. The van der Waals surface area contributed by atoms with Crippen molar-refractivity contribution in [1.82, 2.24) is 0 Å². The van der Waals surface area contributed by atoms with Gasteiger partial charge in [-0.2, -0.15) is 0 Å². The predicted octanol–water partition coefficient (Wildman–Crippen LogP) is 2.46. The molecule has 48 valence electrons. The molecule has 0 aliphatic heterocycles. The maximum Gasteiger partial charge on any atom is -0.0322 e. The summed E-state index contributed by atoms with van der Waals surface area (Å²) in [5, 5.41) is 0. The van der Waals surface area contributed by atoms with E-state index >= 15 is 0 Å². The highest BCUT2D eigenvalue weighted by Crippen LogP contribution is 2.10. The Morgan fingerprint density at radius 3 is 2.50 bits per heavy atom. The van der Waals surface area contributed by atoms with Gasteiger partial charge >= 0.3 is 0 Å². The summed E-state index contributed by atoms with van der Waals surface area (Å²) in [6.07, 6.45) is 5.65. The summed E-state index contributed by atoms with van der Waals surface area (Å²) in [5.41, 5.74) is 0. The van der Waals surface area contributed by atoms with Crippen LogP contribution in [0, 0.1) is 5.92 Å². The molecule has 0 aliphatic rings. The first-order chi connectivity index (χ1) is 3.85. The second kappa shape index (κ2) is 5.31. The van der Waals surface area contributed by atoms with Crippen molar-refractivity contribution in [1.29, 1.82) is 0 Å². The summed E-state index contributed by atoms with van der Waals surface area (Å²) in [4.78, 5) is 0. The van der Waals surface area contributed by atoms with Crippen molar-refractivity contribution in [2.24, 2.45) is 5.92 Å². The molecule has 0 spiro atoms. The van der Waals surface area contributed by atoms with Crippen molar-refractivity contribution < 1.29 is 0 Å². The molecule has 0 aromatic carbocycles. The SMILES string of the molecule is C=CCC(CC)CP. The number of allylic oxidation sites excluding steroid dienone is 1. The van der Waals surface area contributed by atoms with Crippen LogP contribution in [0.1, 0.15) is 19.8 Å².